The van der Waals surface area contributed by atoms with Gasteiger partial charge in [0.2, 0.25) is 10.1 Å². The Kier molecular flexibility index (Phi) is 3.62. The Bertz CT molecular complexity index is 459. The van der Waals surface area contributed by atoms with Crippen molar-refractivity contribution in [2.24, 2.45) is 0 Å². The molecule has 0 amide bonds. The van der Waals surface area contributed by atoms with E-state index >= 15 is 0 Å². The second-order valence-corrected chi connectivity index (χ2v) is 6.46. The molecule has 2 aliphatic rings. The zero-order chi connectivity index (χ0) is 14.2. The molecule has 0 aromatic carbocycles. The van der Waals surface area contributed by atoms with Crippen LogP contribution in [0.1, 0.15) is 37.1 Å². The van der Waals surface area contributed by atoms with Gasteiger partial charge in [0.15, 0.2) is 0 Å². The van der Waals surface area contributed by atoms with Gasteiger partial charge < -0.3 is 10.2 Å². The van der Waals surface area contributed by atoms with Gasteiger partial charge in [0, 0.05) is 19.6 Å². The Morgan fingerprint density at radius 2 is 1.90 bits per heavy atom. The van der Waals surface area contributed by atoms with E-state index in [9.17, 15) is 13.2 Å². The Hall–Kier alpha value is -0.890. The number of piperazine rings is 1. The molecular weight excluding hydrogens is 289 g/mol. The summed E-state index contributed by atoms with van der Waals surface area (Å²) < 4.78 is 38.0. The molecule has 0 atom stereocenters. The second-order valence-electron chi connectivity index (χ2n) is 5.50. The van der Waals surface area contributed by atoms with Gasteiger partial charge in [-0.15, -0.1) is 10.2 Å². The first kappa shape index (κ1) is 14.1. The van der Waals surface area contributed by atoms with Crippen LogP contribution in [0.15, 0.2) is 0 Å². The summed E-state index contributed by atoms with van der Waals surface area (Å²) >= 11 is 0.665. The van der Waals surface area contributed by atoms with Crippen LogP contribution in [-0.2, 0) is 6.18 Å². The van der Waals surface area contributed by atoms with Gasteiger partial charge in [-0.25, -0.2) is 0 Å². The highest BCUT2D eigenvalue weighted by Gasteiger charge is 2.43. The van der Waals surface area contributed by atoms with Crippen LogP contribution in [0, 0.1) is 0 Å². The van der Waals surface area contributed by atoms with Gasteiger partial charge in [-0.2, -0.15) is 13.2 Å². The third kappa shape index (κ3) is 2.50. The van der Waals surface area contributed by atoms with Crippen molar-refractivity contribution in [2.45, 2.75) is 43.8 Å². The quantitative estimate of drug-likeness (QED) is 0.866. The van der Waals surface area contributed by atoms with E-state index in [1.54, 1.807) is 0 Å². The van der Waals surface area contributed by atoms with Gasteiger partial charge in [-0.1, -0.05) is 30.6 Å². The number of hydrogen-bond acceptors (Lipinski definition) is 5. The monoisotopic (exact) mass is 306 g/mol. The highest BCUT2D eigenvalue weighted by molar-refractivity contribution is 7.15. The Labute approximate surface area is 119 Å². The SMILES string of the molecule is FC(F)(F)c1nnc(N2CCNCC23CCCCC3)s1. The lowest BCUT2D eigenvalue weighted by Gasteiger charge is -2.49. The predicted molar refractivity (Wildman–Crippen MR) is 70.9 cm³/mol. The number of alkyl halides is 3. The first-order chi connectivity index (χ1) is 9.51. The topological polar surface area (TPSA) is 41.1 Å². The van der Waals surface area contributed by atoms with Gasteiger partial charge in [-0.3, -0.25) is 0 Å². The van der Waals surface area contributed by atoms with Gasteiger partial charge in [0.05, 0.1) is 5.54 Å². The first-order valence-electron chi connectivity index (χ1n) is 6.90. The van der Waals surface area contributed by atoms with Crippen LogP contribution in [0.3, 0.4) is 0 Å². The predicted octanol–water partition coefficient (Wildman–Crippen LogP) is 2.67. The Morgan fingerprint density at radius 1 is 1.15 bits per heavy atom. The molecule has 20 heavy (non-hydrogen) atoms. The zero-order valence-corrected chi connectivity index (χ0v) is 11.9. The fraction of sp³-hybridized carbons (Fsp3) is 0.833. The number of hydrogen-bond donors (Lipinski definition) is 1. The number of aromatic nitrogens is 2. The van der Waals surface area contributed by atoms with Gasteiger partial charge >= 0.3 is 6.18 Å². The summed E-state index contributed by atoms with van der Waals surface area (Å²) in [5.41, 5.74) is -0.0705. The fourth-order valence-corrected chi connectivity index (χ4v) is 4.09. The first-order valence-corrected chi connectivity index (χ1v) is 7.72. The lowest BCUT2D eigenvalue weighted by molar-refractivity contribution is -0.138. The number of halogens is 3. The molecular formula is C12H17F3N4S. The number of rotatable bonds is 1. The molecule has 0 radical (unpaired) electrons. The summed E-state index contributed by atoms with van der Waals surface area (Å²) in [6.07, 6.45) is 1.09. The number of anilines is 1. The van der Waals surface area contributed by atoms with Crippen LogP contribution < -0.4 is 10.2 Å². The van der Waals surface area contributed by atoms with Crippen molar-refractivity contribution in [1.82, 2.24) is 15.5 Å². The van der Waals surface area contributed by atoms with E-state index in [0.717, 1.165) is 38.8 Å². The molecule has 0 bridgehead atoms. The van der Waals surface area contributed by atoms with E-state index in [1.807, 2.05) is 0 Å². The minimum atomic E-state index is -4.40. The molecule has 1 aliphatic heterocycles. The highest BCUT2D eigenvalue weighted by atomic mass is 32.1. The molecule has 1 saturated carbocycles. The standard InChI is InChI=1S/C12H17F3N4S/c13-12(14,15)9-17-18-10(20-9)19-7-6-16-8-11(19)4-2-1-3-5-11/h16H,1-8H2. The van der Waals surface area contributed by atoms with E-state index in [0.29, 0.717) is 23.0 Å². The summed E-state index contributed by atoms with van der Waals surface area (Å²) in [5.74, 6) is 0. The zero-order valence-electron chi connectivity index (χ0n) is 11.0. The van der Waals surface area contributed by atoms with Crippen LogP contribution in [-0.4, -0.2) is 35.4 Å². The van der Waals surface area contributed by atoms with Crippen LogP contribution in [0.2, 0.25) is 0 Å². The molecule has 2 heterocycles. The largest absolute Gasteiger partial charge is 0.445 e. The molecule has 1 saturated heterocycles. The van der Waals surface area contributed by atoms with E-state index in [-0.39, 0.29) is 5.54 Å². The fourth-order valence-electron chi connectivity index (χ4n) is 3.24. The van der Waals surface area contributed by atoms with E-state index in [1.165, 1.54) is 6.42 Å². The summed E-state index contributed by atoms with van der Waals surface area (Å²) in [6.45, 7) is 2.31. The highest BCUT2D eigenvalue weighted by Crippen LogP contribution is 2.41. The maximum atomic E-state index is 12.7. The van der Waals surface area contributed by atoms with Crippen molar-refractivity contribution < 1.29 is 13.2 Å². The molecule has 2 fully saturated rings. The van der Waals surface area contributed by atoms with E-state index in [2.05, 4.69) is 20.4 Å². The van der Waals surface area contributed by atoms with E-state index < -0.39 is 11.2 Å². The molecule has 4 nitrogen and oxygen atoms in total. The molecule has 3 rings (SSSR count). The lowest BCUT2D eigenvalue weighted by atomic mass is 9.79. The summed E-state index contributed by atoms with van der Waals surface area (Å²) in [7, 11) is 0. The molecule has 1 aromatic rings. The molecule has 8 heteroatoms. The van der Waals surface area contributed by atoms with E-state index in [4.69, 9.17) is 0 Å². The molecule has 0 unspecified atom stereocenters. The summed E-state index contributed by atoms with van der Waals surface area (Å²) in [4.78, 5) is 2.07. The minimum absolute atomic E-state index is 0.0705. The average Bonchev–Trinajstić information content (AvgIpc) is 2.89. The van der Waals surface area contributed by atoms with Crippen LogP contribution in [0.25, 0.3) is 0 Å². The van der Waals surface area contributed by atoms with Crippen molar-refractivity contribution in [3.63, 3.8) is 0 Å². The van der Waals surface area contributed by atoms with Crippen molar-refractivity contribution >= 4 is 16.5 Å². The lowest BCUT2D eigenvalue weighted by Crippen LogP contribution is -2.62. The Balaban J connectivity index is 1.88. The van der Waals surface area contributed by atoms with Crippen LogP contribution >= 0.6 is 11.3 Å². The van der Waals surface area contributed by atoms with Crippen LogP contribution in [0.4, 0.5) is 18.3 Å². The molecule has 1 spiro atoms. The average molecular weight is 306 g/mol. The number of nitrogens with one attached hydrogen (secondary N) is 1. The van der Waals surface area contributed by atoms with Gasteiger partial charge in [0.1, 0.15) is 0 Å². The third-order valence-electron chi connectivity index (χ3n) is 4.21. The van der Waals surface area contributed by atoms with Crippen molar-refractivity contribution in [1.29, 1.82) is 0 Å². The van der Waals surface area contributed by atoms with Crippen molar-refractivity contribution in [3.05, 3.63) is 5.01 Å². The maximum absolute atomic E-state index is 12.7. The number of nitrogens with zero attached hydrogens (tertiary/aromatic N) is 3. The minimum Gasteiger partial charge on any atom is -0.338 e. The van der Waals surface area contributed by atoms with Gasteiger partial charge in [0.25, 0.3) is 0 Å². The molecule has 1 N–H and O–H groups in total. The normalized spacial score (nSPS) is 23.2. The molecule has 1 aromatic heterocycles. The Morgan fingerprint density at radius 3 is 2.55 bits per heavy atom. The van der Waals surface area contributed by atoms with Crippen molar-refractivity contribution in [3.8, 4) is 0 Å². The van der Waals surface area contributed by atoms with Crippen molar-refractivity contribution in [2.75, 3.05) is 24.5 Å². The maximum Gasteiger partial charge on any atom is 0.445 e. The van der Waals surface area contributed by atoms with Crippen LogP contribution in [0.5, 0.6) is 0 Å². The summed E-state index contributed by atoms with van der Waals surface area (Å²) in [6, 6.07) is 0. The second kappa shape index (κ2) is 5.14. The van der Waals surface area contributed by atoms with Gasteiger partial charge in [-0.05, 0) is 12.8 Å². The third-order valence-corrected chi connectivity index (χ3v) is 5.20. The smallest absolute Gasteiger partial charge is 0.338 e. The molecule has 112 valence electrons. The summed E-state index contributed by atoms with van der Waals surface area (Å²) in [5, 5.41) is 10.1. The molecule has 1 aliphatic carbocycles.